The van der Waals surface area contributed by atoms with Gasteiger partial charge in [-0.2, -0.15) is 0 Å². The van der Waals surface area contributed by atoms with E-state index in [0.717, 1.165) is 47.5 Å². The minimum Gasteiger partial charge on any atom is -0.496 e. The smallest absolute Gasteiger partial charge is 0.131 e. The van der Waals surface area contributed by atoms with Crippen LogP contribution in [0.25, 0.3) is 21.8 Å². The highest BCUT2D eigenvalue weighted by molar-refractivity contribution is 5.87. The average molecular weight is 527 g/mol. The fourth-order valence-electron chi connectivity index (χ4n) is 5.47. The summed E-state index contributed by atoms with van der Waals surface area (Å²) in [4.78, 5) is 8.33. The minimum absolute atomic E-state index is 0.156. The van der Waals surface area contributed by atoms with Gasteiger partial charge in [0.05, 0.1) is 12.6 Å². The van der Waals surface area contributed by atoms with Crippen molar-refractivity contribution in [3.8, 4) is 5.75 Å². The molecule has 3 N–H and O–H groups in total. The number of aromatic nitrogens is 2. The Morgan fingerprint density at radius 2 is 1.48 bits per heavy atom. The molecule has 0 aliphatic heterocycles. The molecule has 1 unspecified atom stereocenters. The fraction of sp³-hybridized carbons (Fsp3) is 0.171. The van der Waals surface area contributed by atoms with Crippen molar-refractivity contribution in [3.63, 3.8) is 0 Å². The molecule has 0 bridgehead atoms. The van der Waals surface area contributed by atoms with Crippen molar-refractivity contribution in [2.45, 2.75) is 18.4 Å². The Kier molecular flexibility index (Phi) is 7.73. The van der Waals surface area contributed by atoms with Crippen LogP contribution in [0.5, 0.6) is 5.75 Å². The summed E-state index contributed by atoms with van der Waals surface area (Å²) in [6.07, 6.45) is 3.06. The third-order valence-electron chi connectivity index (χ3n) is 7.59. The van der Waals surface area contributed by atoms with Crippen LogP contribution in [0, 0.1) is 0 Å². The monoisotopic (exact) mass is 526 g/mol. The van der Waals surface area contributed by atoms with E-state index in [4.69, 9.17) is 9.72 Å². The summed E-state index contributed by atoms with van der Waals surface area (Å²) in [5, 5.41) is 9.83. The summed E-state index contributed by atoms with van der Waals surface area (Å²) in [5.74, 6) is 1.86. The number of aromatic amines is 1. The van der Waals surface area contributed by atoms with Crippen molar-refractivity contribution in [1.82, 2.24) is 15.3 Å². The molecular weight excluding hydrogens is 492 g/mol. The van der Waals surface area contributed by atoms with E-state index in [-0.39, 0.29) is 12.0 Å². The van der Waals surface area contributed by atoms with E-state index < -0.39 is 0 Å². The van der Waals surface area contributed by atoms with E-state index in [0.29, 0.717) is 0 Å². The summed E-state index contributed by atoms with van der Waals surface area (Å²) in [7, 11) is 1.71. The second-order valence-corrected chi connectivity index (χ2v) is 10.2. The number of nitrogens with zero attached hydrogens (tertiary/aromatic N) is 1. The van der Waals surface area contributed by atoms with E-state index in [2.05, 4.69) is 107 Å². The summed E-state index contributed by atoms with van der Waals surface area (Å²) in [6.45, 7) is 1.54. The number of para-hydroxylation sites is 2. The molecule has 0 aliphatic rings. The van der Waals surface area contributed by atoms with Crippen LogP contribution < -0.4 is 15.4 Å². The van der Waals surface area contributed by atoms with Crippen molar-refractivity contribution >= 4 is 27.6 Å². The highest BCUT2D eigenvalue weighted by Crippen LogP contribution is 2.29. The van der Waals surface area contributed by atoms with Crippen molar-refractivity contribution in [2.75, 3.05) is 25.5 Å². The Labute approximate surface area is 235 Å². The van der Waals surface area contributed by atoms with Crippen molar-refractivity contribution in [3.05, 3.63) is 138 Å². The third-order valence-corrected chi connectivity index (χ3v) is 7.59. The van der Waals surface area contributed by atoms with Gasteiger partial charge in [-0.05, 0) is 41.3 Å². The predicted molar refractivity (Wildman–Crippen MR) is 165 cm³/mol. The van der Waals surface area contributed by atoms with Crippen LogP contribution in [0.3, 0.4) is 0 Å². The number of H-pyrrole nitrogens is 1. The van der Waals surface area contributed by atoms with Crippen molar-refractivity contribution < 1.29 is 4.74 Å². The maximum absolute atomic E-state index is 5.68. The molecule has 5 heteroatoms. The third kappa shape index (κ3) is 5.70. The van der Waals surface area contributed by atoms with Gasteiger partial charge in [-0.15, -0.1) is 0 Å². The second kappa shape index (κ2) is 12.1. The largest absolute Gasteiger partial charge is 0.496 e. The molecule has 0 saturated heterocycles. The zero-order chi connectivity index (χ0) is 27.1. The molecule has 0 amide bonds. The van der Waals surface area contributed by atoms with Gasteiger partial charge in [0.1, 0.15) is 11.6 Å². The number of fused-ring (bicyclic) bond motifs is 2. The summed E-state index contributed by atoms with van der Waals surface area (Å²) in [5.41, 5.74) is 5.97. The number of anilines is 1. The highest BCUT2D eigenvalue weighted by atomic mass is 16.5. The zero-order valence-electron chi connectivity index (χ0n) is 22.7. The number of hydrogen-bond acceptors (Lipinski definition) is 4. The van der Waals surface area contributed by atoms with Gasteiger partial charge < -0.3 is 20.4 Å². The maximum Gasteiger partial charge on any atom is 0.131 e. The van der Waals surface area contributed by atoms with Gasteiger partial charge in [0.15, 0.2) is 0 Å². The standard InChI is InChI=1S/C35H34N4O/c1-40-34-21-35(39-32-19-11-9-17-29(32)34)38-23-27(26-14-6-3-7-15-26)22-36-33(20-25-12-4-2-5-13-25)30-24-37-31-18-10-8-16-28(30)31/h2-19,21,24,27,33,36-37H,20,22-23H2,1H3,(H,38,39)/t27?,33-/m0/s1. The van der Waals surface area contributed by atoms with Crippen LogP contribution in [-0.2, 0) is 6.42 Å². The SMILES string of the molecule is COc1cc(NCC(CN[C@@H](Cc2ccccc2)c2c[nH]c3ccccc23)c2ccccc2)nc2ccccc12. The van der Waals surface area contributed by atoms with Crippen LogP contribution in [0.1, 0.15) is 28.7 Å². The summed E-state index contributed by atoms with van der Waals surface area (Å²) < 4.78 is 5.68. The molecule has 0 radical (unpaired) electrons. The molecule has 5 nitrogen and oxygen atoms in total. The van der Waals surface area contributed by atoms with Gasteiger partial charge in [0.2, 0.25) is 0 Å². The molecule has 6 aromatic rings. The summed E-state index contributed by atoms with van der Waals surface area (Å²) in [6, 6.07) is 40.2. The summed E-state index contributed by atoms with van der Waals surface area (Å²) >= 11 is 0. The van der Waals surface area contributed by atoms with Crippen molar-refractivity contribution in [2.24, 2.45) is 0 Å². The van der Waals surface area contributed by atoms with E-state index >= 15 is 0 Å². The molecule has 0 aliphatic carbocycles. The molecule has 2 atom stereocenters. The number of benzene rings is 4. The molecule has 4 aromatic carbocycles. The molecule has 0 fully saturated rings. The van der Waals surface area contributed by atoms with Crippen LogP contribution >= 0.6 is 0 Å². The Morgan fingerprint density at radius 1 is 0.775 bits per heavy atom. The number of hydrogen-bond donors (Lipinski definition) is 3. The first kappa shape index (κ1) is 25.7. The predicted octanol–water partition coefficient (Wildman–Crippen LogP) is 7.49. The number of methoxy groups -OCH3 is 1. The van der Waals surface area contributed by atoms with Crippen LogP contribution in [0.15, 0.2) is 121 Å². The number of ether oxygens (including phenoxy) is 1. The first-order valence-electron chi connectivity index (χ1n) is 13.8. The van der Waals surface area contributed by atoms with E-state index in [9.17, 15) is 0 Å². The van der Waals surface area contributed by atoms with E-state index in [1.54, 1.807) is 7.11 Å². The zero-order valence-corrected chi connectivity index (χ0v) is 22.7. The van der Waals surface area contributed by atoms with Gasteiger partial charge >= 0.3 is 0 Å². The molecule has 2 heterocycles. The Bertz CT molecular complexity index is 1680. The van der Waals surface area contributed by atoms with Gasteiger partial charge in [-0.25, -0.2) is 4.98 Å². The van der Waals surface area contributed by atoms with E-state index in [1.807, 2.05) is 30.3 Å². The lowest BCUT2D eigenvalue weighted by Crippen LogP contribution is -2.31. The Morgan fingerprint density at radius 3 is 2.27 bits per heavy atom. The van der Waals surface area contributed by atoms with Crippen molar-refractivity contribution in [1.29, 1.82) is 0 Å². The first-order valence-corrected chi connectivity index (χ1v) is 13.8. The molecule has 0 saturated carbocycles. The minimum atomic E-state index is 0.156. The lowest BCUT2D eigenvalue weighted by atomic mass is 9.95. The van der Waals surface area contributed by atoms with Gasteiger partial charge in [0, 0.05) is 53.6 Å². The maximum atomic E-state index is 5.68. The molecule has 200 valence electrons. The average Bonchev–Trinajstić information content (AvgIpc) is 3.45. The quantitative estimate of drug-likeness (QED) is 0.164. The molecular formula is C35H34N4O. The van der Waals surface area contributed by atoms with Gasteiger partial charge in [0.25, 0.3) is 0 Å². The number of nitrogens with one attached hydrogen (secondary N) is 3. The normalized spacial score (nSPS) is 12.8. The first-order chi connectivity index (χ1) is 19.8. The van der Waals surface area contributed by atoms with Gasteiger partial charge in [-0.1, -0.05) is 91.0 Å². The van der Waals surface area contributed by atoms with Gasteiger partial charge in [-0.3, -0.25) is 0 Å². The lowest BCUT2D eigenvalue weighted by molar-refractivity contribution is 0.419. The molecule has 40 heavy (non-hydrogen) atoms. The van der Waals surface area contributed by atoms with Crippen LogP contribution in [-0.4, -0.2) is 30.2 Å². The van der Waals surface area contributed by atoms with Crippen LogP contribution in [0.4, 0.5) is 5.82 Å². The lowest BCUT2D eigenvalue weighted by Gasteiger charge is -2.24. The topological polar surface area (TPSA) is 62.0 Å². The molecule has 2 aromatic heterocycles. The Hall–Kier alpha value is -4.61. The number of pyridine rings is 1. The number of rotatable bonds is 11. The van der Waals surface area contributed by atoms with E-state index in [1.165, 1.54) is 22.1 Å². The Balaban J connectivity index is 1.26. The molecule has 6 rings (SSSR count). The highest BCUT2D eigenvalue weighted by Gasteiger charge is 2.20. The second-order valence-electron chi connectivity index (χ2n) is 10.2. The fourth-order valence-corrected chi connectivity index (χ4v) is 5.47. The van der Waals surface area contributed by atoms with Crippen LogP contribution in [0.2, 0.25) is 0 Å². The molecule has 0 spiro atoms.